The van der Waals surface area contributed by atoms with Crippen LogP contribution in [0.2, 0.25) is 39.3 Å². The molecule has 0 saturated heterocycles. The molecule has 0 radical (unpaired) electrons. The smallest absolute Gasteiger partial charge is 0.176 e. The maximum Gasteiger partial charge on any atom is 0.176 e. The molecule has 0 aliphatic heterocycles. The minimum Gasteiger partial charge on any atom is -0.295 e. The first-order valence-corrected chi connectivity index (χ1v) is 17.7. The number of hydrogen-bond donors (Lipinski definition) is 0. The summed E-state index contributed by atoms with van der Waals surface area (Å²) in [4.78, 5) is 0. The lowest BCUT2D eigenvalue weighted by Crippen LogP contribution is -2.43. The van der Waals surface area contributed by atoms with Crippen LogP contribution in [-0.4, -0.2) is 27.9 Å². The maximum absolute atomic E-state index is 5.03. The van der Waals surface area contributed by atoms with Gasteiger partial charge >= 0.3 is 0 Å². The summed E-state index contributed by atoms with van der Waals surface area (Å²) in [5.41, 5.74) is 4.65. The summed E-state index contributed by atoms with van der Waals surface area (Å²) < 4.78 is 4.51. The van der Waals surface area contributed by atoms with Gasteiger partial charge in [0.15, 0.2) is 16.5 Å². The summed E-state index contributed by atoms with van der Waals surface area (Å²) in [5, 5.41) is 10.1. The van der Waals surface area contributed by atoms with Crippen molar-refractivity contribution in [1.29, 1.82) is 0 Å². The first kappa shape index (κ1) is 24.1. The van der Waals surface area contributed by atoms with Crippen molar-refractivity contribution >= 4 is 39.3 Å². The number of hydrogen-bond acceptors (Lipinski definition) is 4. The van der Waals surface area contributed by atoms with Crippen LogP contribution in [0, 0.1) is 0 Å². The van der Waals surface area contributed by atoms with E-state index in [1.54, 1.807) is 0 Å². The van der Waals surface area contributed by atoms with Crippen LogP contribution in [-0.2, 0) is 0 Å². The fourth-order valence-electron chi connectivity index (χ4n) is 3.13. The van der Waals surface area contributed by atoms with E-state index in [-0.39, 0.29) is 0 Å². The molecule has 4 nitrogen and oxygen atoms in total. The van der Waals surface area contributed by atoms with E-state index in [0.29, 0.717) is 0 Å². The van der Waals surface area contributed by atoms with E-state index < -0.39 is 16.5 Å². The summed E-state index contributed by atoms with van der Waals surface area (Å²) in [6.45, 7) is 18.2. The normalized spacial score (nSPS) is 13.3. The van der Waals surface area contributed by atoms with Crippen molar-refractivity contribution in [2.75, 3.05) is 9.35 Å². The highest BCUT2D eigenvalue weighted by Crippen LogP contribution is 2.23. The summed E-state index contributed by atoms with van der Waals surface area (Å²) in [7, 11) is -3.26. The summed E-state index contributed by atoms with van der Waals surface area (Å²) in [6, 6.07) is 21.0. The summed E-state index contributed by atoms with van der Waals surface area (Å²) in [6.07, 6.45) is 1.83. The molecule has 0 saturated carbocycles. The number of rotatable bonds is 9. The van der Waals surface area contributed by atoms with Gasteiger partial charge in [0.2, 0.25) is 0 Å². The lowest BCUT2D eigenvalue weighted by molar-refractivity contribution is 1.03. The van der Waals surface area contributed by atoms with Gasteiger partial charge in [-0.3, -0.25) is 9.35 Å². The highest BCUT2D eigenvalue weighted by Gasteiger charge is 2.25. The van der Waals surface area contributed by atoms with Crippen LogP contribution >= 0.6 is 0 Å². The predicted octanol–water partition coefficient (Wildman–Crippen LogP) is 7.20. The van der Waals surface area contributed by atoms with Crippen molar-refractivity contribution < 1.29 is 0 Å². The molecule has 0 heterocycles. The van der Waals surface area contributed by atoms with Gasteiger partial charge in [-0.25, -0.2) is 0 Å². The van der Waals surface area contributed by atoms with Crippen molar-refractivity contribution in [2.24, 2.45) is 10.2 Å². The molecule has 30 heavy (non-hydrogen) atoms. The highest BCUT2D eigenvalue weighted by atomic mass is 28.3. The SMILES string of the molecule is CC(CCC(C)=NN(c1ccccc1)[Si](C)(C)C)=NN(c1ccccc1)[Si](C)(C)C. The minimum absolute atomic E-state index is 0.914. The Morgan fingerprint density at radius 3 is 1.17 bits per heavy atom. The second kappa shape index (κ2) is 10.2. The second-order valence-corrected chi connectivity index (χ2v) is 19.3. The minimum atomic E-state index is -1.63. The highest BCUT2D eigenvalue weighted by molar-refractivity contribution is 6.80. The number of para-hydroxylation sites is 2. The van der Waals surface area contributed by atoms with E-state index in [0.717, 1.165) is 24.3 Å². The Labute approximate surface area is 185 Å². The Hall–Kier alpha value is -2.19. The zero-order valence-electron chi connectivity index (χ0n) is 20.0. The van der Waals surface area contributed by atoms with Crippen LogP contribution in [0.5, 0.6) is 0 Å². The molecule has 0 amide bonds. The quantitative estimate of drug-likeness (QED) is 0.235. The van der Waals surface area contributed by atoms with Crippen molar-refractivity contribution in [3.8, 4) is 0 Å². The summed E-state index contributed by atoms with van der Waals surface area (Å²) in [5.74, 6) is 0. The van der Waals surface area contributed by atoms with E-state index in [1.165, 1.54) is 11.4 Å². The van der Waals surface area contributed by atoms with Gasteiger partial charge in [0.25, 0.3) is 0 Å². The lowest BCUT2D eigenvalue weighted by atomic mass is 10.2. The van der Waals surface area contributed by atoms with Gasteiger partial charge in [0, 0.05) is 22.8 Å². The van der Waals surface area contributed by atoms with Crippen molar-refractivity contribution in [3.05, 3.63) is 60.7 Å². The first-order chi connectivity index (χ1) is 14.0. The van der Waals surface area contributed by atoms with E-state index in [2.05, 4.69) is 123 Å². The number of anilines is 2. The summed E-state index contributed by atoms with van der Waals surface area (Å²) >= 11 is 0. The molecule has 0 aliphatic carbocycles. The third-order valence-electron chi connectivity index (χ3n) is 4.66. The van der Waals surface area contributed by atoms with Crippen molar-refractivity contribution in [3.63, 3.8) is 0 Å². The Kier molecular flexibility index (Phi) is 8.20. The zero-order valence-corrected chi connectivity index (χ0v) is 22.0. The molecule has 0 aromatic heterocycles. The average Bonchev–Trinajstić information content (AvgIpc) is 2.68. The molecular weight excluding hydrogens is 400 g/mol. The lowest BCUT2D eigenvalue weighted by Gasteiger charge is -2.32. The molecule has 2 aromatic rings. The molecule has 2 rings (SSSR count). The zero-order chi connectivity index (χ0) is 22.4. The van der Waals surface area contributed by atoms with Gasteiger partial charge < -0.3 is 0 Å². The molecule has 0 bridgehead atoms. The molecular formula is C24H38N4Si2. The number of nitrogens with zero attached hydrogens (tertiary/aromatic N) is 4. The molecule has 162 valence electrons. The predicted molar refractivity (Wildman–Crippen MR) is 140 cm³/mol. The van der Waals surface area contributed by atoms with Gasteiger partial charge in [0.05, 0.1) is 0 Å². The van der Waals surface area contributed by atoms with Gasteiger partial charge in [0.1, 0.15) is 0 Å². The molecule has 0 unspecified atom stereocenters. The average molecular weight is 439 g/mol. The fourth-order valence-corrected chi connectivity index (χ4v) is 5.92. The molecule has 0 aliphatic rings. The Morgan fingerprint density at radius 2 is 0.900 bits per heavy atom. The van der Waals surface area contributed by atoms with Gasteiger partial charge in [-0.15, -0.1) is 0 Å². The Balaban J connectivity index is 2.15. The van der Waals surface area contributed by atoms with Gasteiger partial charge in [-0.1, -0.05) is 36.4 Å². The van der Waals surface area contributed by atoms with Crippen LogP contribution in [0.15, 0.2) is 70.9 Å². The van der Waals surface area contributed by atoms with Crippen LogP contribution in [0.1, 0.15) is 26.7 Å². The van der Waals surface area contributed by atoms with Gasteiger partial charge in [-0.05, 0) is 90.2 Å². The van der Waals surface area contributed by atoms with Gasteiger partial charge in [-0.2, -0.15) is 10.2 Å². The Morgan fingerprint density at radius 1 is 0.600 bits per heavy atom. The van der Waals surface area contributed by atoms with Crippen molar-refractivity contribution in [2.45, 2.75) is 66.0 Å². The number of hydrazone groups is 2. The Bertz CT molecular complexity index is 777. The standard InChI is InChI=1S/C24H38N4Si2/c1-21(25-27(29(3,4)5)23-15-11-9-12-16-23)19-20-22(2)26-28(30(6,7)8)24-17-13-10-14-18-24/h9-18H,19-20H2,1-8H3. The third-order valence-corrected chi connectivity index (χ3v) is 7.92. The molecule has 0 fully saturated rings. The third kappa shape index (κ3) is 7.25. The van der Waals surface area contributed by atoms with E-state index in [1.807, 2.05) is 0 Å². The largest absolute Gasteiger partial charge is 0.295 e. The molecule has 2 aromatic carbocycles. The van der Waals surface area contributed by atoms with Crippen molar-refractivity contribution in [1.82, 2.24) is 0 Å². The number of benzene rings is 2. The molecule has 6 heteroatoms. The van der Waals surface area contributed by atoms with Crippen LogP contribution in [0.3, 0.4) is 0 Å². The molecule has 0 atom stereocenters. The van der Waals surface area contributed by atoms with Crippen LogP contribution < -0.4 is 9.35 Å². The van der Waals surface area contributed by atoms with Crippen LogP contribution in [0.25, 0.3) is 0 Å². The van der Waals surface area contributed by atoms with E-state index in [4.69, 9.17) is 10.2 Å². The monoisotopic (exact) mass is 438 g/mol. The topological polar surface area (TPSA) is 31.2 Å². The fraction of sp³-hybridized carbons (Fsp3) is 0.417. The second-order valence-electron chi connectivity index (χ2n) is 9.81. The first-order valence-electron chi connectivity index (χ1n) is 10.8. The van der Waals surface area contributed by atoms with Crippen LogP contribution in [0.4, 0.5) is 11.4 Å². The molecule has 0 N–H and O–H groups in total. The molecule has 0 spiro atoms. The van der Waals surface area contributed by atoms with E-state index in [9.17, 15) is 0 Å². The van der Waals surface area contributed by atoms with E-state index >= 15 is 0 Å². The maximum atomic E-state index is 5.03.